The Kier molecular flexibility index (Phi) is 7.09. The van der Waals surface area contributed by atoms with Crippen molar-refractivity contribution in [3.8, 4) is 11.5 Å². The topological polar surface area (TPSA) is 64.6 Å². The molecular formula is C24H22ClNO4. The van der Waals surface area contributed by atoms with Crippen LogP contribution < -0.4 is 10.1 Å². The summed E-state index contributed by atoms with van der Waals surface area (Å²) in [4.78, 5) is 23.9. The third-order valence-electron chi connectivity index (χ3n) is 4.30. The number of rotatable bonds is 7. The lowest BCUT2D eigenvalue weighted by Crippen LogP contribution is -2.11. The Morgan fingerprint density at radius 2 is 1.67 bits per heavy atom. The molecule has 0 aliphatic rings. The maximum Gasteiger partial charge on any atom is 0.310 e. The molecule has 0 bridgehead atoms. The molecule has 1 amide bonds. The molecule has 0 heterocycles. The summed E-state index contributed by atoms with van der Waals surface area (Å²) in [6.07, 6.45) is 0.156. The van der Waals surface area contributed by atoms with Crippen LogP contribution >= 0.6 is 11.6 Å². The number of anilines is 1. The first-order valence-electron chi connectivity index (χ1n) is 9.54. The smallest absolute Gasteiger partial charge is 0.310 e. The molecule has 5 nitrogen and oxygen atoms in total. The molecule has 30 heavy (non-hydrogen) atoms. The highest BCUT2D eigenvalue weighted by Gasteiger charge is 2.10. The summed E-state index contributed by atoms with van der Waals surface area (Å²) in [5, 5.41) is 3.25. The molecule has 3 rings (SSSR count). The van der Waals surface area contributed by atoms with Gasteiger partial charge in [-0.15, -0.1) is 0 Å². The zero-order valence-corrected chi connectivity index (χ0v) is 17.5. The van der Waals surface area contributed by atoms with E-state index in [1.807, 2.05) is 19.1 Å². The van der Waals surface area contributed by atoms with E-state index in [2.05, 4.69) is 5.32 Å². The van der Waals surface area contributed by atoms with Crippen molar-refractivity contribution in [1.29, 1.82) is 0 Å². The minimum Gasteiger partial charge on any atom is -0.466 e. The number of carbonyl (C=O) groups is 2. The van der Waals surface area contributed by atoms with Crippen molar-refractivity contribution < 1.29 is 19.1 Å². The molecule has 6 heteroatoms. The Bertz CT molecular complexity index is 1030. The van der Waals surface area contributed by atoms with Gasteiger partial charge >= 0.3 is 5.97 Å². The first-order chi connectivity index (χ1) is 14.4. The van der Waals surface area contributed by atoms with Crippen LogP contribution in [0.1, 0.15) is 28.4 Å². The average molecular weight is 424 g/mol. The number of hydrogen-bond donors (Lipinski definition) is 1. The van der Waals surface area contributed by atoms with E-state index in [1.54, 1.807) is 61.5 Å². The van der Waals surface area contributed by atoms with Gasteiger partial charge in [-0.2, -0.15) is 0 Å². The number of esters is 1. The molecule has 0 fully saturated rings. The largest absolute Gasteiger partial charge is 0.466 e. The minimum absolute atomic E-state index is 0.156. The van der Waals surface area contributed by atoms with Crippen LogP contribution in [0.4, 0.5) is 5.69 Å². The highest BCUT2D eigenvalue weighted by atomic mass is 35.5. The lowest BCUT2D eigenvalue weighted by Gasteiger charge is -2.10. The second-order valence-electron chi connectivity index (χ2n) is 6.69. The molecule has 0 unspecified atom stereocenters. The molecule has 3 aromatic carbocycles. The van der Waals surface area contributed by atoms with E-state index >= 15 is 0 Å². The number of nitrogens with one attached hydrogen (secondary N) is 1. The SMILES string of the molecule is CCOC(=O)Cc1ccc(Oc2ccc(NC(=O)c3ccc(C)cc3)cc2)c(Cl)c1. The molecule has 0 saturated carbocycles. The standard InChI is InChI=1S/C24H22ClNO4/c1-3-29-23(27)15-17-6-13-22(21(25)14-17)30-20-11-9-19(10-12-20)26-24(28)18-7-4-16(2)5-8-18/h4-14H,3,15H2,1-2H3,(H,26,28). The molecule has 0 aromatic heterocycles. The molecule has 0 spiro atoms. The van der Waals surface area contributed by atoms with E-state index in [4.69, 9.17) is 21.1 Å². The highest BCUT2D eigenvalue weighted by molar-refractivity contribution is 6.32. The molecule has 3 aromatic rings. The summed E-state index contributed by atoms with van der Waals surface area (Å²) >= 11 is 6.28. The highest BCUT2D eigenvalue weighted by Crippen LogP contribution is 2.31. The van der Waals surface area contributed by atoms with E-state index in [0.717, 1.165) is 11.1 Å². The second-order valence-corrected chi connectivity index (χ2v) is 7.10. The molecule has 154 valence electrons. The van der Waals surface area contributed by atoms with Crippen LogP contribution in [-0.2, 0) is 16.0 Å². The Morgan fingerprint density at radius 3 is 2.30 bits per heavy atom. The van der Waals surface area contributed by atoms with E-state index in [9.17, 15) is 9.59 Å². The van der Waals surface area contributed by atoms with E-state index in [1.165, 1.54) is 0 Å². The Hall–Kier alpha value is -3.31. The van der Waals surface area contributed by atoms with Crippen LogP contribution in [0.25, 0.3) is 0 Å². The summed E-state index contributed by atoms with van der Waals surface area (Å²) in [6, 6.07) is 19.5. The van der Waals surface area contributed by atoms with E-state index in [-0.39, 0.29) is 18.3 Å². The number of halogens is 1. The molecule has 0 atom stereocenters. The van der Waals surface area contributed by atoms with Gasteiger partial charge in [0.15, 0.2) is 0 Å². The fourth-order valence-electron chi connectivity index (χ4n) is 2.76. The number of aryl methyl sites for hydroxylation is 1. The molecule has 0 aliphatic carbocycles. The lowest BCUT2D eigenvalue weighted by molar-refractivity contribution is -0.142. The Labute approximate surface area is 180 Å². The van der Waals surface area contributed by atoms with Crippen LogP contribution in [0, 0.1) is 6.92 Å². The minimum atomic E-state index is -0.300. The van der Waals surface area contributed by atoms with Crippen molar-refractivity contribution in [2.45, 2.75) is 20.3 Å². The van der Waals surface area contributed by atoms with Gasteiger partial charge in [0.05, 0.1) is 18.1 Å². The first kappa shape index (κ1) is 21.4. The van der Waals surface area contributed by atoms with Crippen molar-refractivity contribution in [3.63, 3.8) is 0 Å². The molecule has 0 aliphatic heterocycles. The van der Waals surface area contributed by atoms with Crippen LogP contribution in [0.15, 0.2) is 66.7 Å². The van der Waals surface area contributed by atoms with Gasteiger partial charge in [0.25, 0.3) is 5.91 Å². The van der Waals surface area contributed by atoms with Crippen molar-refractivity contribution in [2.24, 2.45) is 0 Å². The van der Waals surface area contributed by atoms with Gasteiger partial charge in [0, 0.05) is 11.3 Å². The fourth-order valence-corrected chi connectivity index (χ4v) is 3.00. The molecule has 1 N–H and O–H groups in total. The number of amides is 1. The zero-order valence-electron chi connectivity index (χ0n) is 16.8. The third-order valence-corrected chi connectivity index (χ3v) is 4.60. The predicted molar refractivity (Wildman–Crippen MR) is 117 cm³/mol. The van der Waals surface area contributed by atoms with Crippen molar-refractivity contribution in [2.75, 3.05) is 11.9 Å². The third kappa shape index (κ3) is 5.84. The second kappa shape index (κ2) is 9.94. The number of carbonyl (C=O) groups excluding carboxylic acids is 2. The monoisotopic (exact) mass is 423 g/mol. The summed E-state index contributed by atoms with van der Waals surface area (Å²) < 4.78 is 10.8. The summed E-state index contributed by atoms with van der Waals surface area (Å²) in [5.41, 5.74) is 3.10. The van der Waals surface area contributed by atoms with Crippen LogP contribution in [0.5, 0.6) is 11.5 Å². The normalized spacial score (nSPS) is 10.4. The summed E-state index contributed by atoms with van der Waals surface area (Å²) in [5.74, 6) is 0.568. The van der Waals surface area contributed by atoms with Gasteiger partial charge in [-0.3, -0.25) is 9.59 Å². The van der Waals surface area contributed by atoms with Crippen LogP contribution in [-0.4, -0.2) is 18.5 Å². The summed E-state index contributed by atoms with van der Waals surface area (Å²) in [6.45, 7) is 4.08. The maximum absolute atomic E-state index is 12.3. The van der Waals surface area contributed by atoms with Crippen LogP contribution in [0.3, 0.4) is 0 Å². The first-order valence-corrected chi connectivity index (χ1v) is 9.92. The van der Waals surface area contributed by atoms with Gasteiger partial charge < -0.3 is 14.8 Å². The quantitative estimate of drug-likeness (QED) is 0.488. The molecule has 0 radical (unpaired) electrons. The number of benzene rings is 3. The molecular weight excluding hydrogens is 402 g/mol. The van der Waals surface area contributed by atoms with Crippen LogP contribution in [0.2, 0.25) is 5.02 Å². The fraction of sp³-hybridized carbons (Fsp3) is 0.167. The predicted octanol–water partition coefficient (Wildman–Crippen LogP) is 5.80. The summed E-state index contributed by atoms with van der Waals surface area (Å²) in [7, 11) is 0. The van der Waals surface area contributed by atoms with Crippen molar-refractivity contribution in [3.05, 3.63) is 88.4 Å². The maximum atomic E-state index is 12.3. The average Bonchev–Trinajstić information content (AvgIpc) is 2.72. The van der Waals surface area contributed by atoms with Crippen molar-refractivity contribution in [1.82, 2.24) is 0 Å². The number of ether oxygens (including phenoxy) is 2. The van der Waals surface area contributed by atoms with Gasteiger partial charge in [-0.1, -0.05) is 35.4 Å². The Balaban J connectivity index is 1.62. The van der Waals surface area contributed by atoms with E-state index < -0.39 is 0 Å². The van der Waals surface area contributed by atoms with Gasteiger partial charge in [0.2, 0.25) is 0 Å². The van der Waals surface area contributed by atoms with Crippen molar-refractivity contribution >= 4 is 29.2 Å². The number of hydrogen-bond acceptors (Lipinski definition) is 4. The Morgan fingerprint density at radius 1 is 0.967 bits per heavy atom. The van der Waals surface area contributed by atoms with Gasteiger partial charge in [0.1, 0.15) is 11.5 Å². The van der Waals surface area contributed by atoms with Gasteiger partial charge in [-0.05, 0) is 67.9 Å². The lowest BCUT2D eigenvalue weighted by atomic mass is 10.1. The van der Waals surface area contributed by atoms with E-state index in [0.29, 0.717) is 34.4 Å². The van der Waals surface area contributed by atoms with Gasteiger partial charge in [-0.25, -0.2) is 0 Å². The molecule has 0 saturated heterocycles. The zero-order chi connectivity index (χ0) is 21.5.